The van der Waals surface area contributed by atoms with Crippen molar-refractivity contribution in [1.82, 2.24) is 9.80 Å². The summed E-state index contributed by atoms with van der Waals surface area (Å²) < 4.78 is 5.86. The normalized spacial score (nSPS) is 17.8. The highest BCUT2D eigenvalue weighted by atomic mass is 32.2. The second kappa shape index (κ2) is 12.8. The molecule has 39 heavy (non-hydrogen) atoms. The summed E-state index contributed by atoms with van der Waals surface area (Å²) in [5.74, 6) is 1.79. The molecule has 4 nitrogen and oxygen atoms in total. The summed E-state index contributed by atoms with van der Waals surface area (Å²) in [4.78, 5) is 19.7. The van der Waals surface area contributed by atoms with Gasteiger partial charge in [0.05, 0.1) is 6.10 Å². The molecule has 208 valence electrons. The van der Waals surface area contributed by atoms with E-state index in [1.165, 1.54) is 42.8 Å². The molecule has 2 aliphatic heterocycles. The molecule has 0 spiro atoms. The van der Waals surface area contributed by atoms with Gasteiger partial charge in [-0.2, -0.15) is 0 Å². The smallest absolute Gasteiger partial charge is 0.254 e. The number of fused-ring (bicyclic) bond motifs is 1. The zero-order chi connectivity index (χ0) is 27.4. The van der Waals surface area contributed by atoms with Gasteiger partial charge >= 0.3 is 0 Å². The maximum atomic E-state index is 13.5. The first-order valence-electron chi connectivity index (χ1n) is 14.8. The fourth-order valence-electron chi connectivity index (χ4n) is 6.23. The minimum absolute atomic E-state index is 0.130. The first-order valence-corrected chi connectivity index (χ1v) is 15.7. The summed E-state index contributed by atoms with van der Waals surface area (Å²) in [7, 11) is 0. The number of benzene rings is 3. The Morgan fingerprint density at radius 3 is 2.28 bits per heavy atom. The van der Waals surface area contributed by atoms with Crippen molar-refractivity contribution in [3.05, 3.63) is 71.8 Å². The van der Waals surface area contributed by atoms with Crippen LogP contribution in [0.5, 0.6) is 5.75 Å². The van der Waals surface area contributed by atoms with Crippen LogP contribution in [0.15, 0.2) is 65.6 Å². The molecule has 5 rings (SSSR count). The minimum atomic E-state index is 0.130. The number of hydrogen-bond acceptors (Lipinski definition) is 4. The molecule has 2 heterocycles. The van der Waals surface area contributed by atoms with Crippen LogP contribution in [0.2, 0.25) is 0 Å². The van der Waals surface area contributed by atoms with Crippen molar-refractivity contribution in [2.45, 2.75) is 82.1 Å². The molecule has 2 aliphatic rings. The Bertz CT molecular complexity index is 1240. The van der Waals surface area contributed by atoms with Crippen LogP contribution < -0.4 is 4.74 Å². The molecule has 3 aromatic carbocycles. The minimum Gasteiger partial charge on any atom is -0.491 e. The first-order chi connectivity index (χ1) is 18.9. The average molecular weight is 545 g/mol. The summed E-state index contributed by atoms with van der Waals surface area (Å²) in [6.45, 7) is 12.6. The molecule has 0 saturated carbocycles. The Hall–Kier alpha value is -2.50. The predicted octanol–water partition coefficient (Wildman–Crippen LogP) is 7.69. The molecule has 0 bridgehead atoms. The van der Waals surface area contributed by atoms with Crippen molar-refractivity contribution < 1.29 is 9.53 Å². The fourth-order valence-corrected chi connectivity index (χ4v) is 7.07. The molecule has 1 amide bonds. The van der Waals surface area contributed by atoms with E-state index in [2.05, 4.69) is 54.0 Å². The van der Waals surface area contributed by atoms with Crippen molar-refractivity contribution in [3.8, 4) is 5.75 Å². The number of carbonyl (C=O) groups is 1. The van der Waals surface area contributed by atoms with E-state index in [9.17, 15) is 4.79 Å². The fraction of sp³-hybridized carbons (Fsp3) is 0.500. The maximum Gasteiger partial charge on any atom is 0.254 e. The Labute approximate surface area is 239 Å². The molecule has 2 saturated heterocycles. The van der Waals surface area contributed by atoms with Crippen LogP contribution in [0.1, 0.15) is 69.3 Å². The van der Waals surface area contributed by atoms with E-state index in [1.807, 2.05) is 55.9 Å². The Morgan fingerprint density at radius 2 is 1.62 bits per heavy atom. The number of likely N-dealkylation sites (tertiary alicyclic amines) is 2. The molecule has 0 aliphatic carbocycles. The highest BCUT2D eigenvalue weighted by Crippen LogP contribution is 2.30. The lowest BCUT2D eigenvalue weighted by Crippen LogP contribution is -2.49. The van der Waals surface area contributed by atoms with E-state index in [4.69, 9.17) is 4.74 Å². The van der Waals surface area contributed by atoms with Gasteiger partial charge in [-0.05, 0) is 118 Å². The number of nitrogens with zero attached hydrogens (tertiary/aromatic N) is 2. The van der Waals surface area contributed by atoms with Crippen LogP contribution >= 0.6 is 11.8 Å². The first kappa shape index (κ1) is 28.0. The highest BCUT2D eigenvalue weighted by Gasteiger charge is 2.30. The summed E-state index contributed by atoms with van der Waals surface area (Å²) in [6.07, 6.45) is 6.03. The van der Waals surface area contributed by atoms with E-state index < -0.39 is 0 Å². The third-order valence-electron chi connectivity index (χ3n) is 8.19. The lowest BCUT2D eigenvalue weighted by atomic mass is 9.88. The summed E-state index contributed by atoms with van der Waals surface area (Å²) in [6, 6.07) is 21.9. The van der Waals surface area contributed by atoms with Crippen LogP contribution in [0.3, 0.4) is 0 Å². The van der Waals surface area contributed by atoms with Crippen molar-refractivity contribution in [2.75, 3.05) is 26.2 Å². The van der Waals surface area contributed by atoms with Gasteiger partial charge in [0, 0.05) is 34.8 Å². The van der Waals surface area contributed by atoms with Crippen molar-refractivity contribution in [3.63, 3.8) is 0 Å². The predicted molar refractivity (Wildman–Crippen MR) is 164 cm³/mol. The largest absolute Gasteiger partial charge is 0.491 e. The topological polar surface area (TPSA) is 32.8 Å². The van der Waals surface area contributed by atoms with Gasteiger partial charge in [-0.25, -0.2) is 0 Å². The second-order valence-corrected chi connectivity index (χ2v) is 13.5. The monoisotopic (exact) mass is 544 g/mol. The molecule has 2 fully saturated rings. The molecule has 5 heteroatoms. The highest BCUT2D eigenvalue weighted by molar-refractivity contribution is 7.99. The van der Waals surface area contributed by atoms with Gasteiger partial charge in [-0.3, -0.25) is 4.79 Å². The zero-order valence-electron chi connectivity index (χ0n) is 24.1. The molecular formula is C34H44N2O2S. The number of amides is 1. The molecule has 0 atom stereocenters. The van der Waals surface area contributed by atoms with Gasteiger partial charge in [0.1, 0.15) is 5.75 Å². The van der Waals surface area contributed by atoms with E-state index >= 15 is 0 Å². The number of thioether (sulfide) groups is 1. The lowest BCUT2D eigenvalue weighted by Gasteiger charge is -2.42. The quantitative estimate of drug-likeness (QED) is 0.272. The van der Waals surface area contributed by atoms with Crippen LogP contribution in [-0.2, 0) is 6.42 Å². The number of ether oxygens (including phenoxy) is 1. The van der Waals surface area contributed by atoms with Gasteiger partial charge in [0.25, 0.3) is 5.91 Å². The van der Waals surface area contributed by atoms with Crippen molar-refractivity contribution >= 4 is 28.4 Å². The third kappa shape index (κ3) is 7.18. The van der Waals surface area contributed by atoms with Crippen molar-refractivity contribution in [2.24, 2.45) is 5.92 Å². The number of hydrogen-bond donors (Lipinski definition) is 0. The summed E-state index contributed by atoms with van der Waals surface area (Å²) in [5, 5.41) is 2.69. The van der Waals surface area contributed by atoms with E-state index in [0.29, 0.717) is 11.3 Å². The van der Waals surface area contributed by atoms with Crippen LogP contribution in [0.4, 0.5) is 0 Å². The zero-order valence-corrected chi connectivity index (χ0v) is 24.9. The SMILES string of the molecule is CC(C)Oc1ccc2c(C(=O)N3CCC(N4CCC(Cc5ccc(SC(C)C)cc5)CC4)CC3)cccc2c1. The van der Waals surface area contributed by atoms with Crippen LogP contribution in [0, 0.1) is 5.92 Å². The van der Waals surface area contributed by atoms with Gasteiger partial charge in [0.15, 0.2) is 0 Å². The van der Waals surface area contributed by atoms with E-state index in [1.54, 1.807) is 0 Å². The van der Waals surface area contributed by atoms with Gasteiger partial charge in [-0.1, -0.05) is 38.1 Å². The van der Waals surface area contributed by atoms with Gasteiger partial charge in [-0.15, -0.1) is 11.8 Å². The number of piperidine rings is 2. The Kier molecular flexibility index (Phi) is 9.19. The average Bonchev–Trinajstić information content (AvgIpc) is 2.93. The molecule has 0 unspecified atom stereocenters. The molecule has 0 N–H and O–H groups in total. The molecular weight excluding hydrogens is 500 g/mol. The molecule has 0 aromatic heterocycles. The standard InChI is InChI=1S/C34H44N2O2S/c1-24(2)38-30-10-13-32-28(23-30)6-5-7-33(32)34(37)36-20-16-29(17-21-36)35-18-14-27(15-19-35)22-26-8-11-31(12-9-26)39-25(3)4/h5-13,23-25,27,29H,14-22H2,1-4H3. The van der Waals surface area contributed by atoms with Crippen molar-refractivity contribution in [1.29, 1.82) is 0 Å². The number of carbonyl (C=O) groups excluding carboxylic acids is 1. The van der Waals surface area contributed by atoms with Gasteiger partial charge in [0.2, 0.25) is 0 Å². The lowest BCUT2D eigenvalue weighted by molar-refractivity contribution is 0.0553. The Morgan fingerprint density at radius 1 is 0.897 bits per heavy atom. The molecule has 0 radical (unpaired) electrons. The Balaban J connectivity index is 1.11. The van der Waals surface area contributed by atoms with E-state index in [-0.39, 0.29) is 12.0 Å². The van der Waals surface area contributed by atoms with Gasteiger partial charge < -0.3 is 14.5 Å². The summed E-state index contributed by atoms with van der Waals surface area (Å²) >= 11 is 1.94. The van der Waals surface area contributed by atoms with E-state index in [0.717, 1.165) is 53.9 Å². The van der Waals surface area contributed by atoms with Crippen LogP contribution in [-0.4, -0.2) is 59.3 Å². The maximum absolute atomic E-state index is 13.5. The van der Waals surface area contributed by atoms with Crippen LogP contribution in [0.25, 0.3) is 10.8 Å². The summed E-state index contributed by atoms with van der Waals surface area (Å²) in [5.41, 5.74) is 2.28. The third-order valence-corrected chi connectivity index (χ3v) is 9.21. The number of rotatable bonds is 8. The molecule has 3 aromatic rings. The second-order valence-electron chi connectivity index (χ2n) is 11.9.